The number of nitrogens with zero attached hydrogens (tertiary/aromatic N) is 3. The van der Waals surface area contributed by atoms with Gasteiger partial charge in [-0.25, -0.2) is 9.97 Å². The van der Waals surface area contributed by atoms with Gasteiger partial charge >= 0.3 is 0 Å². The number of rotatable bonds is 8. The Hall–Kier alpha value is -3.81. The molecular formula is C27H32N4O4. The zero-order valence-corrected chi connectivity index (χ0v) is 20.7. The summed E-state index contributed by atoms with van der Waals surface area (Å²) in [5.74, 6) is 3.33. The molecule has 1 aromatic heterocycles. The van der Waals surface area contributed by atoms with Gasteiger partial charge in [0.2, 0.25) is 5.91 Å². The van der Waals surface area contributed by atoms with Crippen LogP contribution in [0.4, 0.5) is 5.82 Å². The van der Waals surface area contributed by atoms with Crippen molar-refractivity contribution in [2.24, 2.45) is 5.92 Å². The van der Waals surface area contributed by atoms with Gasteiger partial charge in [-0.1, -0.05) is 18.2 Å². The lowest BCUT2D eigenvalue weighted by Gasteiger charge is -2.33. The fourth-order valence-electron chi connectivity index (χ4n) is 4.32. The van der Waals surface area contributed by atoms with Crippen LogP contribution in [-0.4, -0.2) is 43.2 Å². The van der Waals surface area contributed by atoms with E-state index in [2.05, 4.69) is 20.2 Å². The van der Waals surface area contributed by atoms with E-state index >= 15 is 0 Å². The number of hydrogen-bond acceptors (Lipinski definition) is 7. The van der Waals surface area contributed by atoms with Gasteiger partial charge in [0.25, 0.3) is 5.88 Å². The van der Waals surface area contributed by atoms with Crippen molar-refractivity contribution < 1.29 is 19.0 Å². The van der Waals surface area contributed by atoms with E-state index in [1.54, 1.807) is 26.6 Å². The number of aryl methyl sites for hydroxylation is 1. The van der Waals surface area contributed by atoms with Crippen molar-refractivity contribution in [1.82, 2.24) is 15.3 Å². The average Bonchev–Trinajstić information content (AvgIpc) is 2.90. The number of hydrogen-bond donors (Lipinski definition) is 1. The second kappa shape index (κ2) is 11.1. The molecule has 8 heteroatoms. The van der Waals surface area contributed by atoms with E-state index in [-0.39, 0.29) is 17.9 Å². The third-order valence-corrected chi connectivity index (χ3v) is 6.37. The first-order chi connectivity index (χ1) is 17.0. The van der Waals surface area contributed by atoms with Gasteiger partial charge in [0.15, 0.2) is 5.82 Å². The first-order valence-electron chi connectivity index (χ1n) is 11.8. The molecule has 184 valence electrons. The summed E-state index contributed by atoms with van der Waals surface area (Å²) in [5.41, 5.74) is 1.91. The average molecular weight is 477 g/mol. The van der Waals surface area contributed by atoms with Crippen LogP contribution < -0.4 is 24.4 Å². The summed E-state index contributed by atoms with van der Waals surface area (Å²) in [6.07, 6.45) is 4.73. The molecule has 0 radical (unpaired) electrons. The molecule has 2 aromatic carbocycles. The minimum absolute atomic E-state index is 0.0394. The van der Waals surface area contributed by atoms with Gasteiger partial charge in [-0.05, 0) is 56.5 Å². The van der Waals surface area contributed by atoms with E-state index in [1.807, 2.05) is 56.3 Å². The Balaban J connectivity index is 1.39. The largest absolute Gasteiger partial charge is 0.497 e. The second-order valence-electron chi connectivity index (χ2n) is 8.65. The summed E-state index contributed by atoms with van der Waals surface area (Å²) in [4.78, 5) is 24.2. The summed E-state index contributed by atoms with van der Waals surface area (Å²) in [5, 5.41) is 3.15. The van der Waals surface area contributed by atoms with E-state index < -0.39 is 0 Å². The molecule has 2 heterocycles. The topological polar surface area (TPSA) is 85.8 Å². The van der Waals surface area contributed by atoms with Crippen LogP contribution in [0.1, 0.15) is 36.9 Å². The zero-order chi connectivity index (χ0) is 24.8. The Labute approximate surface area is 206 Å². The lowest BCUT2D eigenvalue weighted by molar-refractivity contribution is -0.126. The standard InChI is InChI=1S/C27H32N4O4/c1-18-7-5-6-8-23(18)35-27-25(28-13-14-29-27)31-15-11-20(12-16-31)26(32)30-19(2)22-17-21(33-3)9-10-24(22)34-4/h5-10,13-14,17,19-20H,11-12,15-16H2,1-4H3,(H,30,32)/t19-/m1/s1. The lowest BCUT2D eigenvalue weighted by atomic mass is 9.95. The second-order valence-corrected chi connectivity index (χ2v) is 8.65. The molecule has 1 atom stereocenters. The van der Waals surface area contributed by atoms with Gasteiger partial charge < -0.3 is 24.4 Å². The fourth-order valence-corrected chi connectivity index (χ4v) is 4.32. The molecule has 4 rings (SSSR count). The third-order valence-electron chi connectivity index (χ3n) is 6.37. The molecule has 1 aliphatic rings. The molecule has 0 bridgehead atoms. The Morgan fingerprint density at radius 2 is 1.77 bits per heavy atom. The van der Waals surface area contributed by atoms with Gasteiger partial charge in [0, 0.05) is 37.0 Å². The van der Waals surface area contributed by atoms with E-state index in [4.69, 9.17) is 14.2 Å². The smallest absolute Gasteiger partial charge is 0.263 e. The van der Waals surface area contributed by atoms with Crippen molar-refractivity contribution in [3.63, 3.8) is 0 Å². The van der Waals surface area contributed by atoms with Crippen LogP contribution in [0.25, 0.3) is 0 Å². The van der Waals surface area contributed by atoms with Crippen LogP contribution in [-0.2, 0) is 4.79 Å². The highest BCUT2D eigenvalue weighted by Crippen LogP contribution is 2.33. The molecule has 1 saturated heterocycles. The van der Waals surface area contributed by atoms with Crippen molar-refractivity contribution in [2.75, 3.05) is 32.2 Å². The van der Waals surface area contributed by atoms with Crippen LogP contribution >= 0.6 is 0 Å². The Morgan fingerprint density at radius 1 is 1.03 bits per heavy atom. The van der Waals surface area contributed by atoms with Gasteiger partial charge in [-0.2, -0.15) is 0 Å². The van der Waals surface area contributed by atoms with E-state index in [1.165, 1.54) is 0 Å². The molecule has 1 aliphatic heterocycles. The number of para-hydroxylation sites is 1. The molecule has 0 unspecified atom stereocenters. The van der Waals surface area contributed by atoms with Gasteiger partial charge in [-0.15, -0.1) is 0 Å². The number of benzene rings is 2. The summed E-state index contributed by atoms with van der Waals surface area (Å²) in [7, 11) is 3.25. The number of aromatic nitrogens is 2. The molecule has 1 amide bonds. The minimum atomic E-state index is -0.209. The van der Waals surface area contributed by atoms with Crippen molar-refractivity contribution >= 4 is 11.7 Å². The van der Waals surface area contributed by atoms with E-state index in [0.717, 1.165) is 28.4 Å². The highest BCUT2D eigenvalue weighted by Gasteiger charge is 2.29. The predicted octanol–water partition coefficient (Wildman–Crippen LogP) is 4.69. The van der Waals surface area contributed by atoms with Crippen LogP contribution in [0.3, 0.4) is 0 Å². The van der Waals surface area contributed by atoms with Crippen LogP contribution in [0, 0.1) is 12.8 Å². The number of carbonyl (C=O) groups excluding carboxylic acids is 1. The number of anilines is 1. The molecular weight excluding hydrogens is 444 g/mol. The van der Waals surface area contributed by atoms with Gasteiger partial charge in [0.1, 0.15) is 17.2 Å². The highest BCUT2D eigenvalue weighted by atomic mass is 16.5. The highest BCUT2D eigenvalue weighted by molar-refractivity contribution is 5.79. The van der Waals surface area contributed by atoms with Crippen molar-refractivity contribution in [3.8, 4) is 23.1 Å². The summed E-state index contributed by atoms with van der Waals surface area (Å²) in [6.45, 7) is 5.34. The maximum atomic E-state index is 13.1. The molecule has 0 saturated carbocycles. The SMILES string of the molecule is COc1ccc(OC)c([C@@H](C)NC(=O)C2CCN(c3nccnc3Oc3ccccc3C)CC2)c1. The maximum Gasteiger partial charge on any atom is 0.263 e. The summed E-state index contributed by atoms with van der Waals surface area (Å²) >= 11 is 0. The molecule has 0 spiro atoms. The number of methoxy groups -OCH3 is 2. The monoisotopic (exact) mass is 476 g/mol. The van der Waals surface area contributed by atoms with Crippen molar-refractivity contribution in [1.29, 1.82) is 0 Å². The molecule has 35 heavy (non-hydrogen) atoms. The Bertz CT molecular complexity index is 1160. The predicted molar refractivity (Wildman–Crippen MR) is 134 cm³/mol. The first kappa shape index (κ1) is 24.3. The molecule has 3 aromatic rings. The quantitative estimate of drug-likeness (QED) is 0.505. The van der Waals surface area contributed by atoms with Crippen LogP contribution in [0.5, 0.6) is 23.1 Å². The van der Waals surface area contributed by atoms with E-state index in [0.29, 0.717) is 37.6 Å². The number of nitrogens with one attached hydrogen (secondary N) is 1. The van der Waals surface area contributed by atoms with Crippen molar-refractivity contribution in [2.45, 2.75) is 32.7 Å². The van der Waals surface area contributed by atoms with E-state index in [9.17, 15) is 4.79 Å². The Morgan fingerprint density at radius 3 is 2.49 bits per heavy atom. The van der Waals surface area contributed by atoms with Crippen LogP contribution in [0.15, 0.2) is 54.9 Å². The molecule has 1 fully saturated rings. The number of piperidine rings is 1. The summed E-state index contributed by atoms with van der Waals surface area (Å²) < 4.78 is 16.9. The number of carbonyl (C=O) groups is 1. The maximum absolute atomic E-state index is 13.1. The minimum Gasteiger partial charge on any atom is -0.497 e. The fraction of sp³-hybridized carbons (Fsp3) is 0.370. The number of amides is 1. The summed E-state index contributed by atoms with van der Waals surface area (Å²) in [6, 6.07) is 13.2. The van der Waals surface area contributed by atoms with Crippen LogP contribution in [0.2, 0.25) is 0 Å². The molecule has 8 nitrogen and oxygen atoms in total. The Kier molecular flexibility index (Phi) is 7.70. The first-order valence-corrected chi connectivity index (χ1v) is 11.8. The number of ether oxygens (including phenoxy) is 3. The normalized spacial score (nSPS) is 14.8. The molecule has 0 aliphatic carbocycles. The molecule has 1 N–H and O–H groups in total. The van der Waals surface area contributed by atoms with Gasteiger partial charge in [-0.3, -0.25) is 4.79 Å². The van der Waals surface area contributed by atoms with Gasteiger partial charge in [0.05, 0.1) is 20.3 Å². The lowest BCUT2D eigenvalue weighted by Crippen LogP contribution is -2.41. The van der Waals surface area contributed by atoms with Crippen molar-refractivity contribution in [3.05, 3.63) is 66.0 Å². The zero-order valence-electron chi connectivity index (χ0n) is 20.7. The third kappa shape index (κ3) is 5.65.